The molecule has 0 aromatic heterocycles. The predicted molar refractivity (Wildman–Crippen MR) is 124 cm³/mol. The molecule has 0 unspecified atom stereocenters. The summed E-state index contributed by atoms with van der Waals surface area (Å²) in [7, 11) is 0. The minimum atomic E-state index is -0.698. The molecule has 0 saturated heterocycles. The Morgan fingerprint density at radius 3 is 2.50 bits per heavy atom. The van der Waals surface area contributed by atoms with Crippen molar-refractivity contribution in [2.24, 2.45) is 0 Å². The molecule has 30 heavy (non-hydrogen) atoms. The smallest absolute Gasteiger partial charge is 0.261 e. The zero-order valence-electron chi connectivity index (χ0n) is 16.6. The fourth-order valence-corrected chi connectivity index (χ4v) is 3.75. The van der Waals surface area contributed by atoms with Crippen LogP contribution in [0, 0.1) is 0 Å². The number of carbonyl (C=O) groups excluding carboxylic acids is 2. The number of rotatable bonds is 9. The van der Waals surface area contributed by atoms with Crippen molar-refractivity contribution in [3.8, 4) is 5.75 Å². The maximum absolute atomic E-state index is 13.0. The average Bonchev–Trinajstić information content (AvgIpc) is 2.71. The molecule has 9 heteroatoms. The van der Waals surface area contributed by atoms with Crippen molar-refractivity contribution in [3.05, 3.63) is 61.5 Å². The Labute approximate surface area is 199 Å². The summed E-state index contributed by atoms with van der Waals surface area (Å²) in [6.07, 6.45) is 0.799. The van der Waals surface area contributed by atoms with Gasteiger partial charge in [-0.1, -0.05) is 47.8 Å². The average molecular weight is 537 g/mol. The summed E-state index contributed by atoms with van der Waals surface area (Å²) in [5.74, 6) is -0.106. The lowest BCUT2D eigenvalue weighted by atomic mass is 10.1. The molecule has 0 heterocycles. The van der Waals surface area contributed by atoms with Gasteiger partial charge < -0.3 is 15.0 Å². The van der Waals surface area contributed by atoms with E-state index in [1.807, 2.05) is 6.92 Å². The summed E-state index contributed by atoms with van der Waals surface area (Å²) in [5.41, 5.74) is 0.751. The number of hydrogen-bond acceptors (Lipinski definition) is 3. The van der Waals surface area contributed by atoms with E-state index < -0.39 is 6.04 Å². The van der Waals surface area contributed by atoms with Gasteiger partial charge >= 0.3 is 0 Å². The van der Waals surface area contributed by atoms with Gasteiger partial charge in [0.1, 0.15) is 11.8 Å². The SMILES string of the molecule is CCCNC(=O)[C@H](C)N(Cc1ccc(Cl)c(Cl)c1)C(=O)COc1ccc(Cl)cc1Br. The summed E-state index contributed by atoms with van der Waals surface area (Å²) in [5, 5.41) is 4.16. The first-order valence-electron chi connectivity index (χ1n) is 9.31. The second kappa shape index (κ2) is 11.8. The first kappa shape index (κ1) is 24.8. The molecule has 0 aliphatic heterocycles. The van der Waals surface area contributed by atoms with Crippen molar-refractivity contribution in [1.82, 2.24) is 10.2 Å². The third kappa shape index (κ3) is 7.05. The highest BCUT2D eigenvalue weighted by molar-refractivity contribution is 9.10. The Balaban J connectivity index is 2.18. The van der Waals surface area contributed by atoms with Crippen LogP contribution in [-0.4, -0.2) is 35.9 Å². The van der Waals surface area contributed by atoms with Gasteiger partial charge in [-0.3, -0.25) is 9.59 Å². The molecule has 1 N–H and O–H groups in total. The zero-order chi connectivity index (χ0) is 22.3. The quantitative estimate of drug-likeness (QED) is 0.445. The number of nitrogens with zero attached hydrogens (tertiary/aromatic N) is 1. The summed E-state index contributed by atoms with van der Waals surface area (Å²) in [6, 6.07) is 9.41. The molecule has 2 amide bonds. The molecular weight excluding hydrogens is 515 g/mol. The minimum Gasteiger partial charge on any atom is -0.483 e. The van der Waals surface area contributed by atoms with Gasteiger partial charge in [0, 0.05) is 18.1 Å². The van der Waals surface area contributed by atoms with Gasteiger partial charge in [0.05, 0.1) is 14.5 Å². The fourth-order valence-electron chi connectivity index (χ4n) is 2.63. The van der Waals surface area contributed by atoms with E-state index >= 15 is 0 Å². The number of carbonyl (C=O) groups is 2. The topological polar surface area (TPSA) is 58.6 Å². The summed E-state index contributed by atoms with van der Waals surface area (Å²) < 4.78 is 6.28. The van der Waals surface area contributed by atoms with Gasteiger partial charge in [0.2, 0.25) is 5.91 Å². The van der Waals surface area contributed by atoms with Gasteiger partial charge in [-0.15, -0.1) is 0 Å². The standard InChI is InChI=1S/C21H22BrCl3N2O3/c1-3-8-26-21(29)13(2)27(11-14-4-6-17(24)18(25)9-14)20(28)12-30-19-7-5-15(23)10-16(19)22/h4-7,9-10,13H,3,8,11-12H2,1-2H3,(H,26,29)/t13-/m0/s1. The molecule has 1 atom stereocenters. The number of hydrogen-bond donors (Lipinski definition) is 1. The lowest BCUT2D eigenvalue weighted by Gasteiger charge is -2.29. The van der Waals surface area contributed by atoms with E-state index in [4.69, 9.17) is 39.5 Å². The van der Waals surface area contributed by atoms with Gasteiger partial charge in [-0.25, -0.2) is 0 Å². The minimum absolute atomic E-state index is 0.182. The van der Waals surface area contributed by atoms with Crippen LogP contribution in [0.3, 0.4) is 0 Å². The van der Waals surface area contributed by atoms with Crippen LogP contribution in [0.2, 0.25) is 15.1 Å². The van der Waals surface area contributed by atoms with E-state index in [0.29, 0.717) is 31.8 Å². The molecule has 0 fully saturated rings. The van der Waals surface area contributed by atoms with Crippen LogP contribution in [-0.2, 0) is 16.1 Å². The first-order valence-corrected chi connectivity index (χ1v) is 11.2. The van der Waals surface area contributed by atoms with Crippen molar-refractivity contribution in [2.45, 2.75) is 32.9 Å². The number of benzene rings is 2. The Kier molecular flexibility index (Phi) is 9.75. The van der Waals surface area contributed by atoms with Gasteiger partial charge in [0.15, 0.2) is 6.61 Å². The highest BCUT2D eigenvalue weighted by Crippen LogP contribution is 2.28. The van der Waals surface area contributed by atoms with Crippen molar-refractivity contribution in [2.75, 3.05) is 13.2 Å². The summed E-state index contributed by atoms with van der Waals surface area (Å²) >= 11 is 21.4. The third-order valence-electron chi connectivity index (χ3n) is 4.30. The predicted octanol–water partition coefficient (Wildman–Crippen LogP) is 5.73. The lowest BCUT2D eigenvalue weighted by Crippen LogP contribution is -2.49. The van der Waals surface area contributed by atoms with E-state index in [2.05, 4.69) is 21.2 Å². The lowest BCUT2D eigenvalue weighted by molar-refractivity contribution is -0.142. The fraction of sp³-hybridized carbons (Fsp3) is 0.333. The first-order chi connectivity index (χ1) is 14.2. The Morgan fingerprint density at radius 1 is 1.13 bits per heavy atom. The number of ether oxygens (including phenoxy) is 1. The molecule has 0 spiro atoms. The van der Waals surface area contributed by atoms with Gasteiger partial charge in [-0.05, 0) is 65.2 Å². The van der Waals surface area contributed by atoms with Crippen LogP contribution < -0.4 is 10.1 Å². The second-order valence-electron chi connectivity index (χ2n) is 6.60. The van der Waals surface area contributed by atoms with Crippen LogP contribution in [0.1, 0.15) is 25.8 Å². The van der Waals surface area contributed by atoms with Gasteiger partial charge in [-0.2, -0.15) is 0 Å². The highest BCUT2D eigenvalue weighted by atomic mass is 79.9. The molecule has 0 saturated carbocycles. The normalized spacial score (nSPS) is 11.7. The largest absolute Gasteiger partial charge is 0.483 e. The highest BCUT2D eigenvalue weighted by Gasteiger charge is 2.26. The number of amides is 2. The summed E-state index contributed by atoms with van der Waals surface area (Å²) in [6.45, 7) is 4.11. The monoisotopic (exact) mass is 534 g/mol. The van der Waals surface area contributed by atoms with Crippen molar-refractivity contribution in [1.29, 1.82) is 0 Å². The van der Waals surface area contributed by atoms with Crippen LogP contribution in [0.25, 0.3) is 0 Å². The molecule has 0 radical (unpaired) electrons. The Morgan fingerprint density at radius 2 is 1.87 bits per heavy atom. The molecule has 162 valence electrons. The van der Waals surface area contributed by atoms with E-state index in [0.717, 1.165) is 12.0 Å². The van der Waals surface area contributed by atoms with Crippen LogP contribution in [0.4, 0.5) is 0 Å². The van der Waals surface area contributed by atoms with E-state index in [1.165, 1.54) is 4.90 Å². The van der Waals surface area contributed by atoms with Crippen molar-refractivity contribution >= 4 is 62.5 Å². The summed E-state index contributed by atoms with van der Waals surface area (Å²) in [4.78, 5) is 27.0. The van der Waals surface area contributed by atoms with Crippen LogP contribution in [0.5, 0.6) is 5.75 Å². The molecule has 2 aromatic carbocycles. The molecule has 0 aliphatic rings. The zero-order valence-corrected chi connectivity index (χ0v) is 20.4. The number of halogens is 4. The molecular formula is C21H22BrCl3N2O3. The molecule has 2 rings (SSSR count). The van der Waals surface area contributed by atoms with E-state index in [-0.39, 0.29) is 25.0 Å². The molecule has 0 bridgehead atoms. The van der Waals surface area contributed by atoms with Crippen molar-refractivity contribution < 1.29 is 14.3 Å². The third-order valence-corrected chi connectivity index (χ3v) is 5.89. The second-order valence-corrected chi connectivity index (χ2v) is 8.71. The van der Waals surface area contributed by atoms with Gasteiger partial charge in [0.25, 0.3) is 5.91 Å². The van der Waals surface area contributed by atoms with E-state index in [1.54, 1.807) is 43.3 Å². The van der Waals surface area contributed by atoms with Crippen LogP contribution in [0.15, 0.2) is 40.9 Å². The Hall–Kier alpha value is -1.47. The number of nitrogens with one attached hydrogen (secondary N) is 1. The van der Waals surface area contributed by atoms with E-state index in [9.17, 15) is 9.59 Å². The van der Waals surface area contributed by atoms with Crippen LogP contribution >= 0.6 is 50.7 Å². The maximum Gasteiger partial charge on any atom is 0.261 e. The maximum atomic E-state index is 13.0. The molecule has 2 aromatic rings. The molecule has 0 aliphatic carbocycles. The van der Waals surface area contributed by atoms with Crippen molar-refractivity contribution in [3.63, 3.8) is 0 Å². The molecule has 5 nitrogen and oxygen atoms in total. The Bertz CT molecular complexity index is 911.